The molecule has 0 aliphatic heterocycles. The topological polar surface area (TPSA) is 26.0 Å². The molecule has 1 atom stereocenters. The fraction of sp³-hybridized carbons (Fsp3) is 0.143. The van der Waals surface area contributed by atoms with Gasteiger partial charge in [-0.25, -0.2) is 4.39 Å². The van der Waals surface area contributed by atoms with E-state index in [-0.39, 0.29) is 11.9 Å². The second-order valence-corrected chi connectivity index (χ2v) is 5.39. The average molecular weight is 329 g/mol. The Morgan fingerprint density at radius 2 is 1.83 bits per heavy atom. The second-order valence-electron chi connectivity index (χ2n) is 4.10. The van der Waals surface area contributed by atoms with Gasteiger partial charge >= 0.3 is 0 Å². The third kappa shape index (κ3) is 3.31. The molecule has 0 aromatic heterocycles. The summed E-state index contributed by atoms with van der Waals surface area (Å²) in [6, 6.07) is 11.8. The number of nitrogens with two attached hydrogens (primary N) is 1. The van der Waals surface area contributed by atoms with Crippen molar-refractivity contribution in [2.24, 2.45) is 5.73 Å². The molecular formula is C14H12BrClFN. The lowest BCUT2D eigenvalue weighted by atomic mass is 10.00. The normalized spacial score (nSPS) is 12.4. The van der Waals surface area contributed by atoms with Crippen molar-refractivity contribution in [2.75, 3.05) is 0 Å². The first kappa shape index (κ1) is 13.5. The van der Waals surface area contributed by atoms with E-state index < -0.39 is 0 Å². The maximum atomic E-state index is 13.2. The molecule has 0 heterocycles. The molecule has 0 saturated carbocycles. The minimum Gasteiger partial charge on any atom is -0.324 e. The lowest BCUT2D eigenvalue weighted by Gasteiger charge is -2.13. The van der Waals surface area contributed by atoms with Crippen LogP contribution in [-0.4, -0.2) is 0 Å². The molecule has 18 heavy (non-hydrogen) atoms. The van der Waals surface area contributed by atoms with Crippen LogP contribution < -0.4 is 5.73 Å². The van der Waals surface area contributed by atoms with Crippen LogP contribution in [-0.2, 0) is 6.42 Å². The number of hydrogen-bond acceptors (Lipinski definition) is 1. The molecule has 94 valence electrons. The molecule has 0 fully saturated rings. The first-order valence-electron chi connectivity index (χ1n) is 5.51. The van der Waals surface area contributed by atoms with Gasteiger partial charge in [-0.05, 0) is 47.9 Å². The van der Waals surface area contributed by atoms with E-state index in [1.807, 2.05) is 12.1 Å². The van der Waals surface area contributed by atoms with Gasteiger partial charge in [0.25, 0.3) is 0 Å². The maximum Gasteiger partial charge on any atom is 0.123 e. The number of hydrogen-bond donors (Lipinski definition) is 1. The largest absolute Gasteiger partial charge is 0.324 e. The maximum absolute atomic E-state index is 13.2. The molecule has 0 spiro atoms. The molecule has 2 rings (SSSR count). The van der Waals surface area contributed by atoms with Crippen molar-refractivity contribution in [1.29, 1.82) is 0 Å². The average Bonchev–Trinajstić information content (AvgIpc) is 2.34. The highest BCUT2D eigenvalue weighted by Gasteiger charge is 2.10. The minimum absolute atomic E-state index is 0.180. The third-order valence-electron chi connectivity index (χ3n) is 2.75. The molecule has 2 aromatic rings. The van der Waals surface area contributed by atoms with E-state index in [9.17, 15) is 4.39 Å². The summed E-state index contributed by atoms with van der Waals surface area (Å²) >= 11 is 9.22. The van der Waals surface area contributed by atoms with Gasteiger partial charge in [0.05, 0.1) is 0 Å². The van der Waals surface area contributed by atoms with Gasteiger partial charge in [0.1, 0.15) is 5.82 Å². The molecule has 0 radical (unpaired) electrons. The van der Waals surface area contributed by atoms with Gasteiger partial charge in [-0.1, -0.05) is 39.7 Å². The Labute approximate surface area is 119 Å². The third-order valence-corrected chi connectivity index (χ3v) is 3.77. The Morgan fingerprint density at radius 1 is 1.17 bits per heavy atom. The zero-order valence-corrected chi connectivity index (χ0v) is 11.9. The number of halogens is 3. The monoisotopic (exact) mass is 327 g/mol. The summed E-state index contributed by atoms with van der Waals surface area (Å²) in [5, 5.41) is 0.679. The zero-order valence-electron chi connectivity index (χ0n) is 9.54. The predicted octanol–water partition coefficient (Wildman–Crippen LogP) is 4.48. The van der Waals surface area contributed by atoms with Crippen molar-refractivity contribution in [2.45, 2.75) is 12.5 Å². The first-order chi connectivity index (χ1) is 8.56. The van der Waals surface area contributed by atoms with Crippen molar-refractivity contribution < 1.29 is 4.39 Å². The molecule has 0 aliphatic rings. The van der Waals surface area contributed by atoms with Crippen LogP contribution >= 0.6 is 27.5 Å². The molecule has 0 bridgehead atoms. The van der Waals surface area contributed by atoms with Gasteiger partial charge in [-0.15, -0.1) is 0 Å². The van der Waals surface area contributed by atoms with E-state index in [1.54, 1.807) is 18.2 Å². The Balaban J connectivity index is 2.18. The van der Waals surface area contributed by atoms with E-state index in [0.717, 1.165) is 15.6 Å². The summed E-state index contributed by atoms with van der Waals surface area (Å²) < 4.78 is 14.0. The van der Waals surface area contributed by atoms with Crippen LogP contribution in [0.25, 0.3) is 0 Å². The number of benzene rings is 2. The highest BCUT2D eigenvalue weighted by Crippen LogP contribution is 2.24. The van der Waals surface area contributed by atoms with Gasteiger partial charge in [0.15, 0.2) is 0 Å². The second kappa shape index (κ2) is 5.83. The number of rotatable bonds is 3. The van der Waals surface area contributed by atoms with Gasteiger partial charge in [-0.2, -0.15) is 0 Å². The molecule has 1 unspecified atom stereocenters. The van der Waals surface area contributed by atoms with Crippen LogP contribution in [0, 0.1) is 5.82 Å². The van der Waals surface area contributed by atoms with E-state index in [1.165, 1.54) is 12.1 Å². The Bertz CT molecular complexity index is 542. The zero-order chi connectivity index (χ0) is 13.1. The van der Waals surface area contributed by atoms with E-state index >= 15 is 0 Å². The highest BCUT2D eigenvalue weighted by molar-refractivity contribution is 9.10. The molecule has 0 aliphatic carbocycles. The summed E-state index contributed by atoms with van der Waals surface area (Å²) in [5.74, 6) is -0.253. The van der Waals surface area contributed by atoms with E-state index in [4.69, 9.17) is 17.3 Å². The van der Waals surface area contributed by atoms with Crippen molar-refractivity contribution in [3.8, 4) is 0 Å². The molecular weight excluding hydrogens is 317 g/mol. The van der Waals surface area contributed by atoms with Crippen LogP contribution in [0.15, 0.2) is 46.9 Å². The summed E-state index contributed by atoms with van der Waals surface area (Å²) in [4.78, 5) is 0. The molecule has 2 N–H and O–H groups in total. The van der Waals surface area contributed by atoms with Crippen LogP contribution in [0.4, 0.5) is 4.39 Å². The van der Waals surface area contributed by atoms with Gasteiger partial charge in [0.2, 0.25) is 0 Å². The molecule has 0 amide bonds. The molecule has 0 saturated heterocycles. The molecule has 2 aromatic carbocycles. The van der Waals surface area contributed by atoms with Crippen LogP contribution in [0.3, 0.4) is 0 Å². The lowest BCUT2D eigenvalue weighted by molar-refractivity contribution is 0.621. The van der Waals surface area contributed by atoms with Crippen molar-refractivity contribution in [3.05, 3.63) is 68.9 Å². The van der Waals surface area contributed by atoms with Crippen LogP contribution in [0.2, 0.25) is 5.02 Å². The highest BCUT2D eigenvalue weighted by atomic mass is 79.9. The van der Waals surface area contributed by atoms with Crippen molar-refractivity contribution in [3.63, 3.8) is 0 Å². The van der Waals surface area contributed by atoms with Gasteiger partial charge < -0.3 is 5.73 Å². The Morgan fingerprint density at radius 3 is 2.50 bits per heavy atom. The fourth-order valence-electron chi connectivity index (χ4n) is 1.76. The SMILES string of the molecule is NC(Cc1cc(F)ccc1Br)c1ccc(Cl)cc1. The van der Waals surface area contributed by atoms with Gasteiger partial charge in [-0.3, -0.25) is 0 Å². The minimum atomic E-state index is -0.253. The quantitative estimate of drug-likeness (QED) is 0.883. The standard InChI is InChI=1S/C14H12BrClFN/c15-13-6-5-12(17)7-10(13)8-14(18)9-1-3-11(16)4-2-9/h1-7,14H,8,18H2. The van der Waals surface area contributed by atoms with Crippen LogP contribution in [0.5, 0.6) is 0 Å². The molecule has 4 heteroatoms. The van der Waals surface area contributed by atoms with Gasteiger partial charge in [0, 0.05) is 15.5 Å². The van der Waals surface area contributed by atoms with E-state index in [0.29, 0.717) is 11.4 Å². The van der Waals surface area contributed by atoms with Crippen LogP contribution in [0.1, 0.15) is 17.2 Å². The van der Waals surface area contributed by atoms with E-state index in [2.05, 4.69) is 15.9 Å². The molecule has 1 nitrogen and oxygen atoms in total. The Hall–Kier alpha value is -0.900. The summed E-state index contributed by atoms with van der Waals surface area (Å²) in [5.41, 5.74) is 7.95. The van der Waals surface area contributed by atoms with Crippen molar-refractivity contribution in [1.82, 2.24) is 0 Å². The first-order valence-corrected chi connectivity index (χ1v) is 6.68. The smallest absolute Gasteiger partial charge is 0.123 e. The Kier molecular flexibility index (Phi) is 4.38. The fourth-order valence-corrected chi connectivity index (χ4v) is 2.30. The summed E-state index contributed by atoms with van der Waals surface area (Å²) in [6.45, 7) is 0. The predicted molar refractivity (Wildman–Crippen MR) is 76.2 cm³/mol. The summed E-state index contributed by atoms with van der Waals surface area (Å²) in [7, 11) is 0. The lowest BCUT2D eigenvalue weighted by Crippen LogP contribution is -2.13. The summed E-state index contributed by atoms with van der Waals surface area (Å²) in [6.07, 6.45) is 0.569. The van der Waals surface area contributed by atoms with Crippen molar-refractivity contribution >= 4 is 27.5 Å².